The van der Waals surface area contributed by atoms with Gasteiger partial charge < -0.3 is 4.74 Å². The third kappa shape index (κ3) is 5.49. The molecule has 0 aromatic carbocycles. The maximum Gasteiger partial charge on any atom is 0.322 e. The SMILES string of the molecule is C=C/C=C1\C(=C)C(=O)N(CCc2nc(SC(C)(C)C(=O)OC(C)(C)C)sc2C)C1=O. The van der Waals surface area contributed by atoms with Crippen LogP contribution in [0.4, 0.5) is 0 Å². The van der Waals surface area contributed by atoms with Crippen LogP contribution in [0.25, 0.3) is 0 Å². The number of carbonyl (C=O) groups is 3. The predicted molar refractivity (Wildman–Crippen MR) is 120 cm³/mol. The number of likely N-dealkylation sites (tertiary alicyclic amines) is 1. The minimum Gasteiger partial charge on any atom is -0.459 e. The molecule has 30 heavy (non-hydrogen) atoms. The molecule has 2 rings (SSSR count). The number of rotatable bonds is 7. The fraction of sp³-hybridized carbons (Fsp3) is 0.455. The summed E-state index contributed by atoms with van der Waals surface area (Å²) in [6.07, 6.45) is 3.40. The Morgan fingerprint density at radius 1 is 1.23 bits per heavy atom. The molecule has 2 heterocycles. The number of esters is 1. The molecule has 0 radical (unpaired) electrons. The Morgan fingerprint density at radius 3 is 2.43 bits per heavy atom. The highest BCUT2D eigenvalue weighted by Crippen LogP contribution is 2.38. The third-order valence-corrected chi connectivity index (χ3v) is 6.52. The van der Waals surface area contributed by atoms with Crippen molar-refractivity contribution in [2.75, 3.05) is 6.54 Å². The van der Waals surface area contributed by atoms with Gasteiger partial charge in [0.2, 0.25) is 0 Å². The van der Waals surface area contributed by atoms with Crippen LogP contribution in [0.1, 0.15) is 45.2 Å². The molecule has 0 atom stereocenters. The number of carbonyl (C=O) groups excluding carboxylic acids is 3. The fourth-order valence-corrected chi connectivity index (χ4v) is 5.26. The Kier molecular flexibility index (Phi) is 7.14. The molecule has 0 saturated carbocycles. The average molecular weight is 449 g/mol. The number of thioether (sulfide) groups is 1. The molecule has 1 aliphatic rings. The zero-order chi connectivity index (χ0) is 22.9. The molecular weight excluding hydrogens is 420 g/mol. The fourth-order valence-electron chi connectivity index (χ4n) is 2.69. The first-order valence-corrected chi connectivity index (χ1v) is 11.2. The second-order valence-electron chi connectivity index (χ2n) is 8.40. The maximum atomic E-state index is 12.5. The van der Waals surface area contributed by atoms with Gasteiger partial charge in [0.05, 0.1) is 11.3 Å². The molecule has 6 nitrogen and oxygen atoms in total. The molecule has 0 spiro atoms. The van der Waals surface area contributed by atoms with Crippen molar-refractivity contribution in [1.29, 1.82) is 0 Å². The highest BCUT2D eigenvalue weighted by molar-refractivity contribution is 8.03. The lowest BCUT2D eigenvalue weighted by atomic mass is 10.1. The van der Waals surface area contributed by atoms with Gasteiger partial charge in [-0.25, -0.2) is 4.98 Å². The third-order valence-electron chi connectivity index (χ3n) is 4.27. The lowest BCUT2D eigenvalue weighted by Crippen LogP contribution is -2.36. The van der Waals surface area contributed by atoms with Gasteiger partial charge in [0.25, 0.3) is 11.8 Å². The Bertz CT molecular complexity index is 935. The van der Waals surface area contributed by atoms with Crippen LogP contribution in [0.5, 0.6) is 0 Å². The van der Waals surface area contributed by atoms with Gasteiger partial charge in [-0.3, -0.25) is 19.3 Å². The second-order valence-corrected chi connectivity index (χ2v) is 11.5. The van der Waals surface area contributed by atoms with Gasteiger partial charge in [0.15, 0.2) is 4.34 Å². The van der Waals surface area contributed by atoms with E-state index < -0.39 is 10.3 Å². The zero-order valence-corrected chi connectivity index (χ0v) is 20.0. The molecule has 0 aliphatic carbocycles. The molecule has 1 saturated heterocycles. The van der Waals surface area contributed by atoms with Crippen LogP contribution in [0.3, 0.4) is 0 Å². The van der Waals surface area contributed by atoms with E-state index in [1.807, 2.05) is 41.5 Å². The number of ether oxygens (including phenoxy) is 1. The minimum absolute atomic E-state index is 0.185. The van der Waals surface area contributed by atoms with Crippen LogP contribution in [-0.2, 0) is 25.5 Å². The van der Waals surface area contributed by atoms with E-state index in [-0.39, 0.29) is 35.5 Å². The van der Waals surface area contributed by atoms with Gasteiger partial charge >= 0.3 is 5.97 Å². The molecule has 2 amide bonds. The van der Waals surface area contributed by atoms with E-state index in [0.717, 1.165) is 14.9 Å². The largest absolute Gasteiger partial charge is 0.459 e. The van der Waals surface area contributed by atoms with Crippen LogP contribution < -0.4 is 0 Å². The first kappa shape index (κ1) is 24.1. The standard InChI is InChI=1S/C22H28N2O4S2/c1-9-10-15-13(2)17(25)24(18(15)26)12-11-16-14(3)29-20(23-16)30-22(7,8)19(27)28-21(4,5)6/h9-10H,1-2,11-12H2,3-8H3/b15-10+. The van der Waals surface area contributed by atoms with Crippen LogP contribution in [0.15, 0.2) is 40.8 Å². The summed E-state index contributed by atoms with van der Waals surface area (Å²) in [5, 5.41) is 0. The number of aromatic nitrogens is 1. The molecule has 0 N–H and O–H groups in total. The van der Waals surface area contributed by atoms with Gasteiger partial charge in [-0.05, 0) is 47.6 Å². The van der Waals surface area contributed by atoms with E-state index >= 15 is 0 Å². The van der Waals surface area contributed by atoms with Crippen molar-refractivity contribution in [1.82, 2.24) is 9.88 Å². The Labute approximate surface area is 186 Å². The van der Waals surface area contributed by atoms with Crippen molar-refractivity contribution in [3.63, 3.8) is 0 Å². The molecule has 1 aromatic heterocycles. The summed E-state index contributed by atoms with van der Waals surface area (Å²) in [6.45, 7) is 18.6. The Morgan fingerprint density at radius 2 is 1.87 bits per heavy atom. The Hall–Kier alpha value is -2.19. The lowest BCUT2D eigenvalue weighted by molar-refractivity contribution is -0.157. The van der Waals surface area contributed by atoms with Gasteiger partial charge in [0.1, 0.15) is 10.3 Å². The molecule has 0 unspecified atom stereocenters. The molecule has 1 aromatic rings. The van der Waals surface area contributed by atoms with Gasteiger partial charge in [0, 0.05) is 23.4 Å². The summed E-state index contributed by atoms with van der Waals surface area (Å²) in [4.78, 5) is 44.1. The summed E-state index contributed by atoms with van der Waals surface area (Å²) >= 11 is 2.83. The highest BCUT2D eigenvalue weighted by Gasteiger charge is 2.37. The number of nitrogens with zero attached hydrogens (tertiary/aromatic N) is 2. The summed E-state index contributed by atoms with van der Waals surface area (Å²) in [5.74, 6) is -1.05. The van der Waals surface area contributed by atoms with Gasteiger partial charge in [-0.15, -0.1) is 11.3 Å². The van der Waals surface area contributed by atoms with Crippen molar-refractivity contribution < 1.29 is 19.1 Å². The van der Waals surface area contributed by atoms with Crippen LogP contribution in [-0.4, -0.2) is 44.6 Å². The second kappa shape index (κ2) is 8.89. The Balaban J connectivity index is 2.09. The molecule has 8 heteroatoms. The molecule has 0 bridgehead atoms. The lowest BCUT2D eigenvalue weighted by Gasteiger charge is -2.27. The van der Waals surface area contributed by atoms with Crippen molar-refractivity contribution in [2.24, 2.45) is 0 Å². The smallest absolute Gasteiger partial charge is 0.322 e. The summed E-state index contributed by atoms with van der Waals surface area (Å²) in [7, 11) is 0. The number of hydrogen-bond donors (Lipinski definition) is 0. The number of hydrogen-bond acceptors (Lipinski definition) is 7. The monoisotopic (exact) mass is 448 g/mol. The van der Waals surface area contributed by atoms with Crippen molar-refractivity contribution >= 4 is 40.9 Å². The molecule has 1 aliphatic heterocycles. The van der Waals surface area contributed by atoms with Gasteiger partial charge in [-0.2, -0.15) is 0 Å². The van der Waals surface area contributed by atoms with E-state index in [1.54, 1.807) is 0 Å². The molecule has 162 valence electrons. The summed E-state index contributed by atoms with van der Waals surface area (Å²) < 4.78 is 5.46. The number of amides is 2. The van der Waals surface area contributed by atoms with Gasteiger partial charge in [-0.1, -0.05) is 31.0 Å². The van der Waals surface area contributed by atoms with Crippen LogP contribution >= 0.6 is 23.1 Å². The molecular formula is C22H28N2O4S2. The number of aryl methyl sites for hydroxylation is 1. The van der Waals surface area contributed by atoms with E-state index in [1.165, 1.54) is 40.2 Å². The van der Waals surface area contributed by atoms with Crippen molar-refractivity contribution in [3.05, 3.63) is 47.0 Å². The topological polar surface area (TPSA) is 76.6 Å². The average Bonchev–Trinajstić information content (AvgIpc) is 3.04. The normalized spacial score (nSPS) is 16.5. The van der Waals surface area contributed by atoms with Crippen molar-refractivity contribution in [2.45, 2.75) is 62.7 Å². The van der Waals surface area contributed by atoms with E-state index in [0.29, 0.717) is 6.42 Å². The summed E-state index contributed by atoms with van der Waals surface area (Å²) in [5.41, 5.74) is 0.705. The first-order chi connectivity index (χ1) is 13.8. The number of allylic oxidation sites excluding steroid dienone is 2. The number of imide groups is 1. The minimum atomic E-state index is -0.794. The molecule has 1 fully saturated rings. The predicted octanol–water partition coefficient (Wildman–Crippen LogP) is 4.24. The zero-order valence-electron chi connectivity index (χ0n) is 18.3. The van der Waals surface area contributed by atoms with Crippen LogP contribution in [0.2, 0.25) is 0 Å². The van der Waals surface area contributed by atoms with Crippen LogP contribution in [0, 0.1) is 6.92 Å². The van der Waals surface area contributed by atoms with E-state index in [2.05, 4.69) is 18.1 Å². The first-order valence-electron chi connectivity index (χ1n) is 9.54. The maximum absolute atomic E-state index is 12.5. The van der Waals surface area contributed by atoms with E-state index in [4.69, 9.17) is 4.74 Å². The van der Waals surface area contributed by atoms with Crippen molar-refractivity contribution in [3.8, 4) is 0 Å². The van der Waals surface area contributed by atoms with E-state index in [9.17, 15) is 14.4 Å². The summed E-state index contributed by atoms with van der Waals surface area (Å²) in [6, 6.07) is 0. The highest BCUT2D eigenvalue weighted by atomic mass is 32.2. The number of thiazole rings is 1. The quantitative estimate of drug-likeness (QED) is 0.269.